The van der Waals surface area contributed by atoms with Gasteiger partial charge in [-0.05, 0) is 35.4 Å². The van der Waals surface area contributed by atoms with Gasteiger partial charge < -0.3 is 10.5 Å². The van der Waals surface area contributed by atoms with E-state index in [9.17, 15) is 8.42 Å². The number of fused-ring (bicyclic) bond motifs is 1. The number of sulfonamides is 1. The third-order valence-corrected chi connectivity index (χ3v) is 6.20. The molecule has 0 bridgehead atoms. The number of aromatic nitrogens is 3. The molecule has 35 heavy (non-hydrogen) atoms. The summed E-state index contributed by atoms with van der Waals surface area (Å²) in [5, 5.41) is 8.03. The van der Waals surface area contributed by atoms with Crippen LogP contribution in [0.5, 0.6) is 11.5 Å². The van der Waals surface area contributed by atoms with Crippen molar-refractivity contribution >= 4 is 26.7 Å². The maximum Gasteiger partial charge on any atom is 0.209 e. The number of para-hydroxylation sites is 1. The first-order valence-corrected chi connectivity index (χ1v) is 12.8. The van der Waals surface area contributed by atoms with Gasteiger partial charge in [0, 0.05) is 23.9 Å². The van der Waals surface area contributed by atoms with E-state index in [-0.39, 0.29) is 6.54 Å². The van der Waals surface area contributed by atoms with Gasteiger partial charge in [-0.2, -0.15) is 5.10 Å². The highest BCUT2D eigenvalue weighted by molar-refractivity contribution is 7.88. The summed E-state index contributed by atoms with van der Waals surface area (Å²) in [5.74, 6) is 1.88. The van der Waals surface area contributed by atoms with Gasteiger partial charge in [-0.25, -0.2) is 13.1 Å². The summed E-state index contributed by atoms with van der Waals surface area (Å²) in [6.45, 7) is 0.224. The number of hydrogen-bond acceptors (Lipinski definition) is 6. The first-order valence-electron chi connectivity index (χ1n) is 10.9. The number of hydrogen-bond donors (Lipinski definition) is 3. The van der Waals surface area contributed by atoms with Crippen LogP contribution in [0.2, 0.25) is 0 Å². The maximum atomic E-state index is 11.3. The lowest BCUT2D eigenvalue weighted by Gasteiger charge is -2.10. The third kappa shape index (κ3) is 5.01. The van der Waals surface area contributed by atoms with Crippen molar-refractivity contribution in [2.75, 3.05) is 12.0 Å². The zero-order valence-electron chi connectivity index (χ0n) is 18.9. The molecule has 3 aromatic carbocycles. The molecule has 2 aromatic heterocycles. The molecule has 2 heterocycles. The summed E-state index contributed by atoms with van der Waals surface area (Å²) in [4.78, 5) is 4.70. The topological polar surface area (TPSA) is 123 Å². The molecular formula is C26H23N5O3S. The number of anilines is 1. The van der Waals surface area contributed by atoms with Gasteiger partial charge in [0.1, 0.15) is 11.5 Å². The Labute approximate surface area is 202 Å². The monoisotopic (exact) mass is 485 g/mol. The molecule has 0 unspecified atom stereocenters. The van der Waals surface area contributed by atoms with Gasteiger partial charge in [-0.15, -0.1) is 0 Å². The Morgan fingerprint density at radius 1 is 0.914 bits per heavy atom. The molecule has 5 rings (SSSR count). The average molecular weight is 486 g/mol. The van der Waals surface area contributed by atoms with Crippen LogP contribution < -0.4 is 15.2 Å². The molecule has 9 heteroatoms. The minimum Gasteiger partial charge on any atom is -0.457 e. The van der Waals surface area contributed by atoms with Crippen LogP contribution in [0.1, 0.15) is 5.56 Å². The molecule has 0 fully saturated rings. The number of aromatic amines is 1. The number of H-pyrrole nitrogens is 1. The van der Waals surface area contributed by atoms with Crippen molar-refractivity contribution in [2.24, 2.45) is 0 Å². The third-order valence-electron chi connectivity index (χ3n) is 5.53. The van der Waals surface area contributed by atoms with Crippen LogP contribution in [0.4, 0.5) is 5.82 Å². The van der Waals surface area contributed by atoms with E-state index in [4.69, 9.17) is 15.5 Å². The lowest BCUT2D eigenvalue weighted by molar-refractivity contribution is 0.483. The second-order valence-electron chi connectivity index (χ2n) is 8.11. The van der Waals surface area contributed by atoms with E-state index in [0.717, 1.165) is 50.9 Å². The number of nitrogen functional groups attached to an aromatic ring is 1. The summed E-state index contributed by atoms with van der Waals surface area (Å²) in [6.07, 6.45) is 2.92. The van der Waals surface area contributed by atoms with E-state index in [1.54, 1.807) is 6.20 Å². The lowest BCUT2D eigenvalue weighted by atomic mass is 10.0. The minimum atomic E-state index is -3.26. The molecule has 0 saturated heterocycles. The van der Waals surface area contributed by atoms with E-state index < -0.39 is 10.0 Å². The lowest BCUT2D eigenvalue weighted by Crippen LogP contribution is -2.21. The van der Waals surface area contributed by atoms with Crippen molar-refractivity contribution in [3.05, 3.63) is 90.6 Å². The fourth-order valence-corrected chi connectivity index (χ4v) is 4.25. The fourth-order valence-electron chi connectivity index (χ4n) is 3.82. The Bertz CT molecular complexity index is 1580. The zero-order valence-corrected chi connectivity index (χ0v) is 19.7. The first kappa shape index (κ1) is 22.6. The Hall–Kier alpha value is -4.21. The highest BCUT2D eigenvalue weighted by Gasteiger charge is 2.16. The molecule has 8 nitrogen and oxygen atoms in total. The zero-order chi connectivity index (χ0) is 24.4. The standard InChI is InChI=1S/C26H23N5O3S/c1-35(32,33)29-15-17-7-9-19(10-8-17)24-25-23(26(27)31-30-25)22(16-28-24)18-11-13-21(14-12-18)34-20-5-3-2-4-6-20/h2-14,16,29H,15H2,1H3,(H3,27,30,31). The van der Waals surface area contributed by atoms with Gasteiger partial charge in [0.15, 0.2) is 5.82 Å². The summed E-state index contributed by atoms with van der Waals surface area (Å²) in [7, 11) is -3.26. The van der Waals surface area contributed by atoms with Crippen molar-refractivity contribution in [2.45, 2.75) is 6.54 Å². The Morgan fingerprint density at radius 2 is 1.57 bits per heavy atom. The van der Waals surface area contributed by atoms with Gasteiger partial charge in [0.05, 0.1) is 22.9 Å². The van der Waals surface area contributed by atoms with Gasteiger partial charge in [-0.3, -0.25) is 10.1 Å². The molecule has 0 radical (unpaired) electrons. The van der Waals surface area contributed by atoms with Gasteiger partial charge in [-0.1, -0.05) is 54.6 Å². The molecule has 0 atom stereocenters. The van der Waals surface area contributed by atoms with Gasteiger partial charge in [0.25, 0.3) is 0 Å². The van der Waals surface area contributed by atoms with Crippen molar-refractivity contribution in [3.63, 3.8) is 0 Å². The highest BCUT2D eigenvalue weighted by atomic mass is 32.2. The van der Waals surface area contributed by atoms with Gasteiger partial charge >= 0.3 is 0 Å². The van der Waals surface area contributed by atoms with Crippen LogP contribution >= 0.6 is 0 Å². The molecule has 0 aliphatic rings. The van der Waals surface area contributed by atoms with Crippen LogP contribution in [0, 0.1) is 0 Å². The molecule has 176 valence electrons. The SMILES string of the molecule is CS(=O)(=O)NCc1ccc(-c2ncc(-c3ccc(Oc4ccccc4)cc3)c3c(N)n[nH]c23)cc1. The highest BCUT2D eigenvalue weighted by Crippen LogP contribution is 2.36. The predicted molar refractivity (Wildman–Crippen MR) is 137 cm³/mol. The first-order chi connectivity index (χ1) is 16.9. The number of benzene rings is 3. The normalized spacial score (nSPS) is 11.6. The van der Waals surface area contributed by atoms with Crippen molar-refractivity contribution in [3.8, 4) is 33.9 Å². The van der Waals surface area contributed by atoms with Crippen LogP contribution in [0.15, 0.2) is 85.1 Å². The summed E-state index contributed by atoms with van der Waals surface area (Å²) < 4.78 is 31.1. The van der Waals surface area contributed by atoms with Crippen LogP contribution in [-0.2, 0) is 16.6 Å². The molecule has 0 saturated carbocycles. The number of ether oxygens (including phenoxy) is 1. The number of rotatable bonds is 7. The Morgan fingerprint density at radius 3 is 2.26 bits per heavy atom. The molecule has 5 aromatic rings. The van der Waals surface area contributed by atoms with E-state index >= 15 is 0 Å². The van der Waals surface area contributed by atoms with Crippen molar-refractivity contribution in [1.82, 2.24) is 19.9 Å². The number of nitrogens with two attached hydrogens (primary N) is 1. The molecule has 0 amide bonds. The quantitative estimate of drug-likeness (QED) is 0.307. The number of nitrogens with zero attached hydrogens (tertiary/aromatic N) is 2. The predicted octanol–water partition coefficient (Wildman–Crippen LogP) is 4.72. The average Bonchev–Trinajstić information content (AvgIpc) is 3.25. The smallest absolute Gasteiger partial charge is 0.209 e. The van der Waals surface area contributed by atoms with Crippen LogP contribution in [0.25, 0.3) is 33.3 Å². The Balaban J connectivity index is 1.45. The number of nitrogens with one attached hydrogen (secondary N) is 2. The van der Waals surface area contributed by atoms with E-state index in [2.05, 4.69) is 14.9 Å². The van der Waals surface area contributed by atoms with Gasteiger partial charge in [0.2, 0.25) is 10.0 Å². The molecular weight excluding hydrogens is 462 g/mol. The van der Waals surface area contributed by atoms with E-state index in [1.807, 2.05) is 78.9 Å². The fraction of sp³-hybridized carbons (Fsp3) is 0.0769. The van der Waals surface area contributed by atoms with Crippen LogP contribution in [-0.4, -0.2) is 29.9 Å². The van der Waals surface area contributed by atoms with E-state index in [0.29, 0.717) is 11.5 Å². The second kappa shape index (κ2) is 9.21. The summed E-state index contributed by atoms with van der Waals surface area (Å²) >= 11 is 0. The minimum absolute atomic E-state index is 0.224. The van der Waals surface area contributed by atoms with Crippen molar-refractivity contribution in [1.29, 1.82) is 0 Å². The second-order valence-corrected chi connectivity index (χ2v) is 9.94. The number of pyridine rings is 1. The van der Waals surface area contributed by atoms with Crippen LogP contribution in [0.3, 0.4) is 0 Å². The van der Waals surface area contributed by atoms with Crippen molar-refractivity contribution < 1.29 is 13.2 Å². The summed E-state index contributed by atoms with van der Waals surface area (Å²) in [5.41, 5.74) is 11.2. The van der Waals surface area contributed by atoms with E-state index in [1.165, 1.54) is 0 Å². The maximum absolute atomic E-state index is 11.3. The molecule has 0 aliphatic heterocycles. The largest absolute Gasteiger partial charge is 0.457 e. The molecule has 0 aliphatic carbocycles. The molecule has 4 N–H and O–H groups in total. The molecule has 0 spiro atoms. The Kier molecular flexibility index (Phi) is 5.94. The summed E-state index contributed by atoms with van der Waals surface area (Å²) in [6, 6.07) is 24.9.